The number of likely N-dealkylation sites (N-methyl/N-ethyl adjacent to an activating group) is 1. The maximum Gasteiger partial charge on any atom is 0.245 e. The van der Waals surface area contributed by atoms with Crippen LogP contribution in [0.2, 0.25) is 0 Å². The van der Waals surface area contributed by atoms with Crippen LogP contribution < -0.4 is 10.1 Å². The van der Waals surface area contributed by atoms with Gasteiger partial charge in [-0.05, 0) is 26.2 Å². The molecule has 0 heterocycles. The Labute approximate surface area is 190 Å². The molecular formula is C23H34N2O5S. The summed E-state index contributed by atoms with van der Waals surface area (Å²) in [6.45, 7) is 2.47. The van der Waals surface area contributed by atoms with Crippen LogP contribution in [0.15, 0.2) is 48.5 Å². The molecule has 0 aliphatic carbocycles. The van der Waals surface area contributed by atoms with Crippen LogP contribution >= 0.6 is 12.6 Å². The van der Waals surface area contributed by atoms with Crippen molar-refractivity contribution in [2.45, 2.75) is 13.2 Å². The van der Waals surface area contributed by atoms with Gasteiger partial charge in [-0.15, -0.1) is 0 Å². The Balaban J connectivity index is 0.000000348. The summed E-state index contributed by atoms with van der Waals surface area (Å²) < 4.78 is 16.0. The summed E-state index contributed by atoms with van der Waals surface area (Å²) in [5, 5.41) is 11.8. The Morgan fingerprint density at radius 1 is 0.968 bits per heavy atom. The van der Waals surface area contributed by atoms with Gasteiger partial charge in [0.25, 0.3) is 0 Å². The zero-order chi connectivity index (χ0) is 22.9. The first-order valence-electron chi connectivity index (χ1n) is 10.1. The Bertz CT molecular complexity index is 758. The lowest BCUT2D eigenvalue weighted by atomic mass is 10.2. The van der Waals surface area contributed by atoms with Gasteiger partial charge in [0.2, 0.25) is 5.91 Å². The molecule has 0 aromatic heterocycles. The molecule has 0 bridgehead atoms. The number of nitrogens with zero attached hydrogens (tertiary/aromatic N) is 1. The van der Waals surface area contributed by atoms with E-state index in [2.05, 4.69) is 28.9 Å². The number of rotatable bonds is 12. The standard InChI is InChI=1S/C16H19NO2.C7H15NO3S/c1-17(2)11-13-7-3-5-9-15(13)19-16-10-6-4-8-14(16)12-18;1-8-7(9)6-11-3-2-10-4-5-12/h3-10,18H,11-12H2,1-2H3;12H,2-6H2,1H3,(H,8,9). The molecular weight excluding hydrogens is 416 g/mol. The molecule has 1 amide bonds. The van der Waals surface area contributed by atoms with Crippen molar-refractivity contribution in [3.8, 4) is 11.5 Å². The highest BCUT2D eigenvalue weighted by molar-refractivity contribution is 7.80. The van der Waals surface area contributed by atoms with Gasteiger partial charge in [-0.3, -0.25) is 4.79 Å². The fourth-order valence-electron chi connectivity index (χ4n) is 2.45. The zero-order valence-corrected chi connectivity index (χ0v) is 19.4. The van der Waals surface area contributed by atoms with Crippen molar-refractivity contribution in [2.75, 3.05) is 53.3 Å². The summed E-state index contributed by atoms with van der Waals surface area (Å²) in [5.74, 6) is 2.12. The molecule has 0 spiro atoms. The van der Waals surface area contributed by atoms with E-state index < -0.39 is 0 Å². The Hall–Kier alpha value is -2.10. The molecule has 0 saturated heterocycles. The van der Waals surface area contributed by atoms with E-state index in [-0.39, 0.29) is 19.1 Å². The van der Waals surface area contributed by atoms with E-state index >= 15 is 0 Å². The van der Waals surface area contributed by atoms with Gasteiger partial charge in [-0.2, -0.15) is 12.6 Å². The molecule has 0 unspecified atom stereocenters. The average molecular weight is 451 g/mol. The van der Waals surface area contributed by atoms with E-state index in [1.165, 1.54) is 0 Å². The zero-order valence-electron chi connectivity index (χ0n) is 18.5. The number of benzene rings is 2. The van der Waals surface area contributed by atoms with Crippen LogP contribution in [0.1, 0.15) is 11.1 Å². The summed E-state index contributed by atoms with van der Waals surface area (Å²) in [6, 6.07) is 15.5. The first kappa shape index (κ1) is 26.9. The second-order valence-corrected chi connectivity index (χ2v) is 7.22. The number of amides is 1. The maximum absolute atomic E-state index is 10.6. The predicted molar refractivity (Wildman–Crippen MR) is 126 cm³/mol. The van der Waals surface area contributed by atoms with E-state index in [9.17, 15) is 9.90 Å². The van der Waals surface area contributed by atoms with Crippen molar-refractivity contribution in [3.63, 3.8) is 0 Å². The molecule has 0 radical (unpaired) electrons. The van der Waals surface area contributed by atoms with Gasteiger partial charge in [0, 0.05) is 30.5 Å². The number of thiol groups is 1. The molecule has 7 nitrogen and oxygen atoms in total. The van der Waals surface area contributed by atoms with Crippen molar-refractivity contribution in [1.29, 1.82) is 0 Å². The highest BCUT2D eigenvalue weighted by Crippen LogP contribution is 2.28. The minimum Gasteiger partial charge on any atom is -0.457 e. The number of hydrogen-bond acceptors (Lipinski definition) is 7. The van der Waals surface area contributed by atoms with Crippen LogP contribution in [0.25, 0.3) is 0 Å². The number of carbonyl (C=O) groups is 1. The first-order chi connectivity index (χ1) is 15.0. The highest BCUT2D eigenvalue weighted by atomic mass is 32.1. The molecule has 2 aromatic rings. The topological polar surface area (TPSA) is 80.3 Å². The first-order valence-corrected chi connectivity index (χ1v) is 10.7. The molecule has 0 aliphatic heterocycles. The number of hydrogen-bond donors (Lipinski definition) is 3. The molecule has 8 heteroatoms. The lowest BCUT2D eigenvalue weighted by Gasteiger charge is -2.16. The Morgan fingerprint density at radius 3 is 2.13 bits per heavy atom. The van der Waals surface area contributed by atoms with E-state index in [1.54, 1.807) is 7.05 Å². The van der Waals surface area contributed by atoms with Gasteiger partial charge in [0.1, 0.15) is 18.1 Å². The van der Waals surface area contributed by atoms with Crippen LogP contribution in [0.5, 0.6) is 11.5 Å². The van der Waals surface area contributed by atoms with Crippen molar-refractivity contribution >= 4 is 18.5 Å². The molecule has 2 aromatic carbocycles. The van der Waals surface area contributed by atoms with Gasteiger partial charge < -0.3 is 29.5 Å². The van der Waals surface area contributed by atoms with Crippen molar-refractivity contribution < 1.29 is 24.1 Å². The molecule has 0 saturated carbocycles. The van der Waals surface area contributed by atoms with Gasteiger partial charge in [-0.25, -0.2) is 0 Å². The Morgan fingerprint density at radius 2 is 1.55 bits per heavy atom. The van der Waals surface area contributed by atoms with E-state index in [4.69, 9.17) is 14.2 Å². The van der Waals surface area contributed by atoms with Crippen LogP contribution in [-0.4, -0.2) is 69.2 Å². The smallest absolute Gasteiger partial charge is 0.245 e. The lowest BCUT2D eigenvalue weighted by molar-refractivity contribution is -0.125. The van der Waals surface area contributed by atoms with Crippen molar-refractivity contribution in [3.05, 3.63) is 59.7 Å². The number of carbonyl (C=O) groups excluding carboxylic acids is 1. The van der Waals surface area contributed by atoms with Crippen molar-refractivity contribution in [1.82, 2.24) is 10.2 Å². The van der Waals surface area contributed by atoms with Crippen LogP contribution in [0.4, 0.5) is 0 Å². The highest BCUT2D eigenvalue weighted by Gasteiger charge is 2.08. The molecule has 2 N–H and O–H groups in total. The largest absolute Gasteiger partial charge is 0.457 e. The van der Waals surface area contributed by atoms with Gasteiger partial charge in [-0.1, -0.05) is 36.4 Å². The van der Waals surface area contributed by atoms with Gasteiger partial charge in [0.05, 0.1) is 26.4 Å². The molecule has 31 heavy (non-hydrogen) atoms. The van der Waals surface area contributed by atoms with Crippen LogP contribution in [-0.2, 0) is 27.4 Å². The third-order valence-electron chi connectivity index (χ3n) is 3.94. The van der Waals surface area contributed by atoms with E-state index in [1.807, 2.05) is 56.6 Å². The van der Waals surface area contributed by atoms with Crippen LogP contribution in [0.3, 0.4) is 0 Å². The van der Waals surface area contributed by atoms with E-state index in [0.29, 0.717) is 31.3 Å². The van der Waals surface area contributed by atoms with Crippen molar-refractivity contribution in [2.24, 2.45) is 0 Å². The summed E-state index contributed by atoms with van der Waals surface area (Å²) in [5.41, 5.74) is 1.92. The normalized spacial score (nSPS) is 10.4. The third kappa shape index (κ3) is 11.8. The number of ether oxygens (including phenoxy) is 3. The lowest BCUT2D eigenvalue weighted by Crippen LogP contribution is -2.24. The van der Waals surface area contributed by atoms with Gasteiger partial charge >= 0.3 is 0 Å². The number of para-hydroxylation sites is 2. The summed E-state index contributed by atoms with van der Waals surface area (Å²) >= 11 is 3.96. The number of nitrogens with one attached hydrogen (secondary N) is 1. The predicted octanol–water partition coefficient (Wildman–Crippen LogP) is 2.73. The minimum atomic E-state index is -0.121. The summed E-state index contributed by atoms with van der Waals surface area (Å²) in [6.07, 6.45) is 0. The fraction of sp³-hybridized carbons (Fsp3) is 0.435. The SMILES string of the molecule is CN(C)Cc1ccccc1Oc1ccccc1CO.CNC(=O)COCCOCCS. The second-order valence-electron chi connectivity index (χ2n) is 6.78. The van der Waals surface area contributed by atoms with Gasteiger partial charge in [0.15, 0.2) is 0 Å². The molecule has 172 valence electrons. The minimum absolute atomic E-state index is 0.0218. The van der Waals surface area contributed by atoms with E-state index in [0.717, 1.165) is 23.4 Å². The Kier molecular flexibility index (Phi) is 14.4. The molecule has 0 fully saturated rings. The number of aliphatic hydroxyl groups excluding tert-OH is 1. The number of aliphatic hydroxyl groups is 1. The molecule has 0 aliphatic rings. The second kappa shape index (κ2) is 16.6. The molecule has 2 rings (SSSR count). The van der Waals surface area contributed by atoms with Crippen LogP contribution in [0, 0.1) is 0 Å². The quantitative estimate of drug-likeness (QED) is 0.341. The fourth-order valence-corrected chi connectivity index (χ4v) is 2.58. The maximum atomic E-state index is 10.6. The average Bonchev–Trinajstić information content (AvgIpc) is 2.77. The molecule has 0 atom stereocenters. The summed E-state index contributed by atoms with van der Waals surface area (Å²) in [7, 11) is 5.62. The monoisotopic (exact) mass is 450 g/mol. The third-order valence-corrected chi connectivity index (χ3v) is 4.12. The summed E-state index contributed by atoms with van der Waals surface area (Å²) in [4.78, 5) is 12.7.